The number of hydrogen-bond donors (Lipinski definition) is 0. The van der Waals surface area contributed by atoms with Crippen LogP contribution < -0.4 is 0 Å². The Bertz CT molecular complexity index is 84.4. The molecule has 0 aromatic heterocycles. The van der Waals surface area contributed by atoms with Crippen molar-refractivity contribution in [2.24, 2.45) is 0 Å². The van der Waals surface area contributed by atoms with Crippen molar-refractivity contribution in [1.82, 2.24) is 0 Å². The van der Waals surface area contributed by atoms with Gasteiger partial charge in [-0.3, -0.25) is 4.70 Å². The predicted molar refractivity (Wildman–Crippen MR) is 34.7 cm³/mol. The molecule has 48 valence electrons. The van der Waals surface area contributed by atoms with Gasteiger partial charge >= 0.3 is 0 Å². The van der Waals surface area contributed by atoms with Gasteiger partial charge in [-0.1, -0.05) is 11.6 Å². The predicted octanol–water partition coefficient (Wildman–Crippen LogP) is 2.66. The summed E-state index contributed by atoms with van der Waals surface area (Å²) in [6.45, 7) is 2.22. The maximum atomic E-state index is 2.35. The van der Waals surface area contributed by atoms with Gasteiger partial charge in [-0.15, -0.1) is 0 Å². The third kappa shape index (κ3) is 2.10. The average Bonchev–Trinajstić information content (AvgIpc) is 1.69. The highest BCUT2D eigenvalue weighted by atomic mass is 19.0. The van der Waals surface area contributed by atoms with E-state index in [1.807, 2.05) is 0 Å². The summed E-state index contributed by atoms with van der Waals surface area (Å²) in [6.07, 6.45) is 7.86. The quantitative estimate of drug-likeness (QED) is 0.427. The van der Waals surface area contributed by atoms with Gasteiger partial charge in [0.25, 0.3) is 0 Å². The highest BCUT2D eigenvalue weighted by Gasteiger charge is 1.95. The van der Waals surface area contributed by atoms with Crippen LogP contribution in [0, 0.1) is 0 Å². The van der Waals surface area contributed by atoms with Crippen LogP contribution in [0.4, 0.5) is 4.70 Å². The first-order chi connectivity index (χ1) is 3.39. The Morgan fingerprint density at radius 2 is 2.12 bits per heavy atom. The second-order valence-corrected chi connectivity index (χ2v) is 2.30. The minimum absolute atomic E-state index is 0. The number of halogens is 1. The van der Waals surface area contributed by atoms with E-state index in [1.165, 1.54) is 25.7 Å². The third-order valence-electron chi connectivity index (χ3n) is 1.52. The maximum Gasteiger partial charge on any atom is -0.0323 e. The topological polar surface area (TPSA) is 0 Å². The van der Waals surface area contributed by atoms with E-state index >= 15 is 0 Å². The van der Waals surface area contributed by atoms with Crippen LogP contribution in [0.3, 0.4) is 0 Å². The highest BCUT2D eigenvalue weighted by molar-refractivity contribution is 5.00. The van der Waals surface area contributed by atoms with E-state index in [-0.39, 0.29) is 4.70 Å². The molecule has 0 saturated carbocycles. The standard InChI is InChI=1S/C7H12.FH/c1-7-5-3-2-4-6-7;/h5H,2-4,6H2,1H3;1H. The van der Waals surface area contributed by atoms with Gasteiger partial charge in [-0.05, 0) is 32.6 Å². The fourth-order valence-corrected chi connectivity index (χ4v) is 0.999. The molecule has 1 heteroatoms. The molecule has 0 heterocycles. The van der Waals surface area contributed by atoms with E-state index in [4.69, 9.17) is 0 Å². The Hall–Kier alpha value is -0.330. The Kier molecular flexibility index (Phi) is 3.49. The van der Waals surface area contributed by atoms with Crippen molar-refractivity contribution in [3.63, 3.8) is 0 Å². The van der Waals surface area contributed by atoms with Crippen LogP contribution in [-0.2, 0) is 0 Å². The second kappa shape index (κ2) is 3.65. The number of allylic oxidation sites excluding steroid dienone is 2. The molecule has 0 amide bonds. The first kappa shape index (κ1) is 7.67. The van der Waals surface area contributed by atoms with Gasteiger partial charge in [0.2, 0.25) is 0 Å². The molecule has 1 aliphatic carbocycles. The summed E-state index contributed by atoms with van der Waals surface area (Å²) in [6, 6.07) is 0. The first-order valence-corrected chi connectivity index (χ1v) is 3.05. The van der Waals surface area contributed by atoms with Gasteiger partial charge in [-0.25, -0.2) is 0 Å². The van der Waals surface area contributed by atoms with Gasteiger partial charge in [0.1, 0.15) is 0 Å². The zero-order chi connectivity index (χ0) is 5.11. The molecule has 1 aliphatic rings. The van der Waals surface area contributed by atoms with Gasteiger partial charge in [-0.2, -0.15) is 0 Å². The molecule has 0 atom stereocenters. The monoisotopic (exact) mass is 116 g/mol. The molecule has 0 unspecified atom stereocenters. The van der Waals surface area contributed by atoms with Crippen molar-refractivity contribution in [3.8, 4) is 0 Å². The van der Waals surface area contributed by atoms with Crippen LogP contribution in [-0.4, -0.2) is 0 Å². The zero-order valence-corrected chi connectivity index (χ0v) is 5.31. The Morgan fingerprint density at radius 3 is 2.38 bits per heavy atom. The molecule has 0 spiro atoms. The zero-order valence-electron chi connectivity index (χ0n) is 5.31. The SMILES string of the molecule is CC1=CCCCC1.F. The van der Waals surface area contributed by atoms with Crippen molar-refractivity contribution in [1.29, 1.82) is 0 Å². The van der Waals surface area contributed by atoms with Gasteiger partial charge in [0.15, 0.2) is 0 Å². The average molecular weight is 116 g/mol. The smallest absolute Gasteiger partial charge is 0.0323 e. The van der Waals surface area contributed by atoms with Crippen molar-refractivity contribution >= 4 is 0 Å². The lowest BCUT2D eigenvalue weighted by Gasteiger charge is -2.05. The number of rotatable bonds is 0. The molecule has 0 aromatic rings. The third-order valence-corrected chi connectivity index (χ3v) is 1.52. The van der Waals surface area contributed by atoms with Crippen molar-refractivity contribution < 1.29 is 4.70 Å². The van der Waals surface area contributed by atoms with Gasteiger partial charge < -0.3 is 0 Å². The summed E-state index contributed by atoms with van der Waals surface area (Å²) >= 11 is 0. The fraction of sp³-hybridized carbons (Fsp3) is 0.714. The van der Waals surface area contributed by atoms with E-state index in [1.54, 1.807) is 5.57 Å². The van der Waals surface area contributed by atoms with Crippen molar-refractivity contribution in [2.75, 3.05) is 0 Å². The van der Waals surface area contributed by atoms with E-state index in [0.29, 0.717) is 0 Å². The molecule has 0 bridgehead atoms. The van der Waals surface area contributed by atoms with E-state index in [2.05, 4.69) is 13.0 Å². The van der Waals surface area contributed by atoms with Crippen LogP contribution in [0.1, 0.15) is 32.6 Å². The van der Waals surface area contributed by atoms with Crippen LogP contribution in [0.15, 0.2) is 11.6 Å². The molecule has 0 fully saturated rings. The molecule has 0 aromatic carbocycles. The van der Waals surface area contributed by atoms with Gasteiger partial charge in [0, 0.05) is 0 Å². The maximum absolute atomic E-state index is 2.35. The molecule has 0 saturated heterocycles. The lowest BCUT2D eigenvalue weighted by molar-refractivity contribution is 0.702. The second-order valence-electron chi connectivity index (χ2n) is 2.30. The van der Waals surface area contributed by atoms with E-state index < -0.39 is 0 Å². The summed E-state index contributed by atoms with van der Waals surface area (Å²) in [7, 11) is 0. The largest absolute Gasteiger partial charge is 0.269 e. The first-order valence-electron chi connectivity index (χ1n) is 3.05. The molecule has 0 nitrogen and oxygen atoms in total. The molecular formula is C7H13F. The Morgan fingerprint density at radius 1 is 1.38 bits per heavy atom. The molecule has 8 heavy (non-hydrogen) atoms. The van der Waals surface area contributed by atoms with E-state index in [9.17, 15) is 0 Å². The Labute approximate surface area is 50.0 Å². The van der Waals surface area contributed by atoms with Crippen molar-refractivity contribution in [2.45, 2.75) is 32.6 Å². The highest BCUT2D eigenvalue weighted by Crippen LogP contribution is 2.15. The van der Waals surface area contributed by atoms with Crippen LogP contribution >= 0.6 is 0 Å². The summed E-state index contributed by atoms with van der Waals surface area (Å²) in [5.74, 6) is 0. The molecular weight excluding hydrogens is 103 g/mol. The molecule has 0 aliphatic heterocycles. The normalized spacial score (nSPS) is 18.9. The summed E-state index contributed by atoms with van der Waals surface area (Å²) < 4.78 is 0. The minimum Gasteiger partial charge on any atom is -0.269 e. The summed E-state index contributed by atoms with van der Waals surface area (Å²) in [5.41, 5.74) is 1.59. The molecule has 0 radical (unpaired) electrons. The molecule has 0 N–H and O–H groups in total. The Balaban J connectivity index is 0.000000490. The van der Waals surface area contributed by atoms with Crippen LogP contribution in [0.2, 0.25) is 0 Å². The minimum atomic E-state index is 0. The number of hydrogen-bond acceptors (Lipinski definition) is 0. The van der Waals surface area contributed by atoms with Crippen molar-refractivity contribution in [3.05, 3.63) is 11.6 Å². The van der Waals surface area contributed by atoms with Crippen LogP contribution in [0.5, 0.6) is 0 Å². The lowest BCUT2D eigenvalue weighted by Crippen LogP contribution is -1.85. The van der Waals surface area contributed by atoms with Crippen LogP contribution in [0.25, 0.3) is 0 Å². The van der Waals surface area contributed by atoms with E-state index in [0.717, 1.165) is 0 Å². The fourth-order valence-electron chi connectivity index (χ4n) is 0.999. The van der Waals surface area contributed by atoms with Gasteiger partial charge in [0.05, 0.1) is 0 Å². The summed E-state index contributed by atoms with van der Waals surface area (Å²) in [5, 5.41) is 0. The summed E-state index contributed by atoms with van der Waals surface area (Å²) in [4.78, 5) is 0. The molecule has 1 rings (SSSR count). The lowest BCUT2D eigenvalue weighted by atomic mass is 10.0.